The summed E-state index contributed by atoms with van der Waals surface area (Å²) >= 11 is 0. The zero-order chi connectivity index (χ0) is 11.1. The standard InChI is InChI=1S/C11H23O3Si/c1-3-13-15(12,14-4-2)10-11-8-6-5-7-9-11/h11H,3-10H2,1-2H3. The predicted octanol–water partition coefficient (Wildman–Crippen LogP) is 3.01. The summed E-state index contributed by atoms with van der Waals surface area (Å²) in [5.41, 5.74) is 0. The van der Waals surface area contributed by atoms with E-state index in [0.29, 0.717) is 25.2 Å². The highest BCUT2D eigenvalue weighted by molar-refractivity contribution is 6.58. The summed E-state index contributed by atoms with van der Waals surface area (Å²) in [6.07, 6.45) is 6.25. The summed E-state index contributed by atoms with van der Waals surface area (Å²) < 4.78 is 10.7. The SMILES string of the molecule is CCO[Si]([O])(CC1CCCCC1)OCC. The van der Waals surface area contributed by atoms with Gasteiger partial charge in [0.25, 0.3) is 0 Å². The van der Waals surface area contributed by atoms with Gasteiger partial charge in [-0.05, 0) is 19.8 Å². The van der Waals surface area contributed by atoms with Gasteiger partial charge in [-0.1, -0.05) is 32.1 Å². The number of hydrogen-bond donors (Lipinski definition) is 0. The summed E-state index contributed by atoms with van der Waals surface area (Å²) in [5, 5.41) is 0. The molecule has 3 nitrogen and oxygen atoms in total. The maximum absolute atomic E-state index is 12.3. The van der Waals surface area contributed by atoms with Gasteiger partial charge in [0.15, 0.2) is 0 Å². The lowest BCUT2D eigenvalue weighted by Crippen LogP contribution is -2.43. The summed E-state index contributed by atoms with van der Waals surface area (Å²) in [6.45, 7) is 4.73. The van der Waals surface area contributed by atoms with Crippen LogP contribution in [0, 0.1) is 5.92 Å². The summed E-state index contributed by atoms with van der Waals surface area (Å²) in [6, 6.07) is 0.648. The molecule has 0 aromatic carbocycles. The molecule has 1 rings (SSSR count). The third kappa shape index (κ3) is 4.63. The minimum atomic E-state index is -3.09. The second-order valence-corrected chi connectivity index (χ2v) is 6.61. The van der Waals surface area contributed by atoms with Gasteiger partial charge in [-0.2, -0.15) is 0 Å². The average molecular weight is 231 g/mol. The quantitative estimate of drug-likeness (QED) is 0.659. The molecule has 0 amide bonds. The van der Waals surface area contributed by atoms with E-state index in [4.69, 9.17) is 8.85 Å². The highest BCUT2D eigenvalue weighted by Crippen LogP contribution is 2.31. The molecule has 1 fully saturated rings. The van der Waals surface area contributed by atoms with Gasteiger partial charge in [0.05, 0.1) is 0 Å². The Morgan fingerprint density at radius 2 is 1.60 bits per heavy atom. The van der Waals surface area contributed by atoms with Crippen molar-refractivity contribution in [3.63, 3.8) is 0 Å². The van der Waals surface area contributed by atoms with Gasteiger partial charge in [-0.15, -0.1) is 0 Å². The Kier molecular flexibility index (Phi) is 5.82. The van der Waals surface area contributed by atoms with Crippen LogP contribution in [0.1, 0.15) is 46.0 Å². The molecule has 0 bridgehead atoms. The van der Waals surface area contributed by atoms with Crippen molar-refractivity contribution in [1.82, 2.24) is 0 Å². The Balaban J connectivity index is 2.40. The van der Waals surface area contributed by atoms with E-state index in [1.165, 1.54) is 32.1 Å². The molecule has 1 aliphatic carbocycles. The Hall–Kier alpha value is 0.0969. The largest absolute Gasteiger partial charge is 0.529 e. The predicted molar refractivity (Wildman–Crippen MR) is 61.1 cm³/mol. The van der Waals surface area contributed by atoms with E-state index in [2.05, 4.69) is 0 Å². The smallest absolute Gasteiger partial charge is 0.373 e. The molecular weight excluding hydrogens is 208 g/mol. The normalized spacial score (nSPS) is 19.4. The molecule has 0 spiro atoms. The van der Waals surface area contributed by atoms with Gasteiger partial charge in [0, 0.05) is 19.3 Å². The van der Waals surface area contributed by atoms with Gasteiger partial charge in [-0.25, -0.2) is 4.80 Å². The molecule has 0 heterocycles. The van der Waals surface area contributed by atoms with Crippen molar-refractivity contribution < 1.29 is 13.6 Å². The van der Waals surface area contributed by atoms with E-state index in [1.807, 2.05) is 13.8 Å². The molecule has 1 saturated carbocycles. The van der Waals surface area contributed by atoms with Crippen LogP contribution in [0.5, 0.6) is 0 Å². The van der Waals surface area contributed by atoms with Crippen molar-refractivity contribution in [3.05, 3.63) is 0 Å². The fourth-order valence-corrected chi connectivity index (χ4v) is 4.66. The topological polar surface area (TPSA) is 38.4 Å². The monoisotopic (exact) mass is 231 g/mol. The maximum Gasteiger partial charge on any atom is 0.529 e. The Morgan fingerprint density at radius 3 is 2.07 bits per heavy atom. The molecule has 15 heavy (non-hydrogen) atoms. The van der Waals surface area contributed by atoms with E-state index < -0.39 is 8.80 Å². The minimum absolute atomic E-state index is 0.489. The first-order chi connectivity index (χ1) is 7.20. The van der Waals surface area contributed by atoms with E-state index in [-0.39, 0.29) is 0 Å². The second kappa shape index (κ2) is 6.63. The molecule has 0 atom stereocenters. The zero-order valence-electron chi connectivity index (χ0n) is 9.96. The van der Waals surface area contributed by atoms with Crippen molar-refractivity contribution in [1.29, 1.82) is 0 Å². The molecular formula is C11H23O3Si. The van der Waals surface area contributed by atoms with Crippen molar-refractivity contribution in [3.8, 4) is 0 Å². The van der Waals surface area contributed by atoms with Crippen LogP contribution >= 0.6 is 0 Å². The molecule has 0 aromatic rings. The van der Waals surface area contributed by atoms with E-state index in [1.54, 1.807) is 0 Å². The van der Waals surface area contributed by atoms with Gasteiger partial charge < -0.3 is 8.85 Å². The average Bonchev–Trinajstić information content (AvgIpc) is 2.19. The maximum atomic E-state index is 12.3. The molecule has 1 aliphatic rings. The van der Waals surface area contributed by atoms with Gasteiger partial charge in [0.2, 0.25) is 0 Å². The number of rotatable bonds is 6. The molecule has 4 heteroatoms. The highest BCUT2D eigenvalue weighted by atomic mass is 28.4. The third-order valence-corrected chi connectivity index (χ3v) is 5.53. The van der Waals surface area contributed by atoms with E-state index >= 15 is 0 Å². The van der Waals surface area contributed by atoms with Crippen LogP contribution in [0.3, 0.4) is 0 Å². The minimum Gasteiger partial charge on any atom is -0.373 e. The fourth-order valence-electron chi connectivity index (χ4n) is 2.34. The molecule has 0 N–H and O–H groups in total. The Bertz CT molecular complexity index is 163. The van der Waals surface area contributed by atoms with Crippen molar-refractivity contribution >= 4 is 8.80 Å². The van der Waals surface area contributed by atoms with Crippen molar-refractivity contribution in [2.24, 2.45) is 5.92 Å². The molecule has 0 aromatic heterocycles. The first-order valence-electron chi connectivity index (χ1n) is 6.18. The summed E-state index contributed by atoms with van der Waals surface area (Å²) in [5.74, 6) is 0.556. The van der Waals surface area contributed by atoms with Crippen LogP contribution in [0.25, 0.3) is 0 Å². The summed E-state index contributed by atoms with van der Waals surface area (Å²) in [7, 11) is -3.09. The zero-order valence-corrected chi connectivity index (χ0v) is 11.0. The lowest BCUT2D eigenvalue weighted by Gasteiger charge is -2.28. The van der Waals surface area contributed by atoms with Gasteiger partial charge in [0.1, 0.15) is 0 Å². The highest BCUT2D eigenvalue weighted by Gasteiger charge is 2.41. The van der Waals surface area contributed by atoms with Crippen LogP contribution < -0.4 is 0 Å². The van der Waals surface area contributed by atoms with Crippen molar-refractivity contribution in [2.75, 3.05) is 13.2 Å². The molecule has 0 aliphatic heterocycles. The van der Waals surface area contributed by atoms with Crippen LogP contribution in [0.4, 0.5) is 0 Å². The Labute approximate surface area is 94.2 Å². The third-order valence-electron chi connectivity index (χ3n) is 2.99. The van der Waals surface area contributed by atoms with Crippen LogP contribution in [0.2, 0.25) is 6.04 Å². The van der Waals surface area contributed by atoms with Gasteiger partial charge in [-0.3, -0.25) is 0 Å². The van der Waals surface area contributed by atoms with Crippen LogP contribution in [0.15, 0.2) is 0 Å². The van der Waals surface area contributed by atoms with E-state index in [0.717, 1.165) is 0 Å². The lowest BCUT2D eigenvalue weighted by molar-refractivity contribution is 0.0748. The Morgan fingerprint density at radius 1 is 1.07 bits per heavy atom. The van der Waals surface area contributed by atoms with Gasteiger partial charge >= 0.3 is 8.80 Å². The molecule has 1 radical (unpaired) electrons. The first-order valence-corrected chi connectivity index (χ1v) is 8.11. The number of hydrogen-bond acceptors (Lipinski definition) is 2. The van der Waals surface area contributed by atoms with Crippen LogP contribution in [-0.4, -0.2) is 22.0 Å². The molecule has 89 valence electrons. The second-order valence-electron chi connectivity index (χ2n) is 4.26. The summed E-state index contributed by atoms with van der Waals surface area (Å²) in [4.78, 5) is 12.3. The molecule has 0 unspecified atom stereocenters. The van der Waals surface area contributed by atoms with E-state index in [9.17, 15) is 4.80 Å². The van der Waals surface area contributed by atoms with Crippen LogP contribution in [-0.2, 0) is 13.6 Å². The lowest BCUT2D eigenvalue weighted by atomic mass is 9.91. The fraction of sp³-hybridized carbons (Fsp3) is 1.00. The first kappa shape index (κ1) is 13.2. The van der Waals surface area contributed by atoms with Crippen molar-refractivity contribution in [2.45, 2.75) is 52.0 Å². The molecule has 0 saturated heterocycles.